The fraction of sp³-hybridized carbons (Fsp3) is 0.0909. The van der Waals surface area contributed by atoms with Crippen LogP contribution in [-0.2, 0) is 0 Å². The van der Waals surface area contributed by atoms with Crippen molar-refractivity contribution in [2.75, 3.05) is 19.5 Å². The van der Waals surface area contributed by atoms with E-state index in [9.17, 15) is 4.79 Å². The molecule has 4 rings (SSSR count). The van der Waals surface area contributed by atoms with Crippen LogP contribution in [0.4, 0.5) is 5.69 Å². The molecule has 0 aliphatic carbocycles. The second kappa shape index (κ2) is 8.12. The van der Waals surface area contributed by atoms with Gasteiger partial charge in [-0.25, -0.2) is 4.98 Å². The SMILES string of the molecule is COc1ccc(C(=O)Nc2ccc3oc(-c4cccc(I)c4)nc3c2)cc1OC. The van der Waals surface area contributed by atoms with E-state index in [1.807, 2.05) is 24.3 Å². The summed E-state index contributed by atoms with van der Waals surface area (Å²) < 4.78 is 17.4. The second-order valence-corrected chi connectivity index (χ2v) is 7.48. The number of methoxy groups -OCH3 is 2. The number of rotatable bonds is 5. The van der Waals surface area contributed by atoms with E-state index < -0.39 is 0 Å². The van der Waals surface area contributed by atoms with Crippen molar-refractivity contribution >= 4 is 45.3 Å². The van der Waals surface area contributed by atoms with Crippen molar-refractivity contribution in [2.45, 2.75) is 0 Å². The number of carbonyl (C=O) groups is 1. The van der Waals surface area contributed by atoms with Crippen LogP contribution in [0.2, 0.25) is 0 Å². The third kappa shape index (κ3) is 4.04. The maximum atomic E-state index is 12.6. The number of benzene rings is 3. The van der Waals surface area contributed by atoms with Crippen molar-refractivity contribution in [3.05, 3.63) is 69.8 Å². The fourth-order valence-corrected chi connectivity index (χ4v) is 3.47. The highest BCUT2D eigenvalue weighted by Crippen LogP contribution is 2.29. The molecule has 0 aliphatic rings. The molecule has 146 valence electrons. The minimum Gasteiger partial charge on any atom is -0.493 e. The minimum atomic E-state index is -0.258. The molecule has 0 unspecified atom stereocenters. The average molecular weight is 500 g/mol. The topological polar surface area (TPSA) is 73.6 Å². The highest BCUT2D eigenvalue weighted by molar-refractivity contribution is 14.1. The largest absolute Gasteiger partial charge is 0.493 e. The Labute approximate surface area is 181 Å². The smallest absolute Gasteiger partial charge is 0.255 e. The summed E-state index contributed by atoms with van der Waals surface area (Å²) in [6.07, 6.45) is 0. The van der Waals surface area contributed by atoms with E-state index in [-0.39, 0.29) is 5.91 Å². The van der Waals surface area contributed by atoms with Crippen molar-refractivity contribution < 1.29 is 18.7 Å². The first-order valence-corrected chi connectivity index (χ1v) is 9.85. The summed E-state index contributed by atoms with van der Waals surface area (Å²) in [4.78, 5) is 17.2. The fourth-order valence-electron chi connectivity index (χ4n) is 2.93. The Morgan fingerprint density at radius 3 is 2.59 bits per heavy atom. The van der Waals surface area contributed by atoms with Gasteiger partial charge < -0.3 is 19.2 Å². The van der Waals surface area contributed by atoms with Gasteiger partial charge in [-0.3, -0.25) is 4.79 Å². The number of ether oxygens (including phenoxy) is 2. The predicted molar refractivity (Wildman–Crippen MR) is 120 cm³/mol. The zero-order chi connectivity index (χ0) is 20.4. The van der Waals surface area contributed by atoms with Crippen LogP contribution in [0.5, 0.6) is 11.5 Å². The van der Waals surface area contributed by atoms with E-state index in [4.69, 9.17) is 13.9 Å². The number of anilines is 1. The molecule has 0 saturated heterocycles. The zero-order valence-corrected chi connectivity index (χ0v) is 17.9. The summed E-state index contributed by atoms with van der Waals surface area (Å²) in [6.45, 7) is 0. The number of halogens is 1. The molecular formula is C22H17IN2O4. The summed E-state index contributed by atoms with van der Waals surface area (Å²) in [6, 6.07) is 18.3. The van der Waals surface area contributed by atoms with Crippen molar-refractivity contribution in [1.29, 1.82) is 0 Å². The Balaban J connectivity index is 1.59. The van der Waals surface area contributed by atoms with E-state index in [1.54, 1.807) is 43.5 Å². The first-order chi connectivity index (χ1) is 14.1. The first-order valence-electron chi connectivity index (χ1n) is 8.77. The Morgan fingerprint density at radius 2 is 1.83 bits per heavy atom. The van der Waals surface area contributed by atoms with E-state index in [2.05, 4.69) is 32.9 Å². The molecule has 1 aromatic heterocycles. The Kier molecular flexibility index (Phi) is 5.39. The number of nitrogens with zero attached hydrogens (tertiary/aromatic N) is 1. The van der Waals surface area contributed by atoms with Gasteiger partial charge in [0.05, 0.1) is 14.2 Å². The number of aromatic nitrogens is 1. The summed E-state index contributed by atoms with van der Waals surface area (Å²) in [5.41, 5.74) is 3.32. The molecule has 0 spiro atoms. The lowest BCUT2D eigenvalue weighted by Crippen LogP contribution is -2.12. The lowest BCUT2D eigenvalue weighted by Gasteiger charge is -2.10. The number of oxazole rings is 1. The van der Waals surface area contributed by atoms with Gasteiger partial charge in [0.15, 0.2) is 17.1 Å². The molecule has 0 fully saturated rings. The Hall–Kier alpha value is -3.07. The van der Waals surface area contributed by atoms with E-state index in [0.29, 0.717) is 39.7 Å². The number of hydrogen-bond acceptors (Lipinski definition) is 5. The molecular weight excluding hydrogens is 483 g/mol. The zero-order valence-electron chi connectivity index (χ0n) is 15.7. The van der Waals surface area contributed by atoms with Crippen LogP contribution >= 0.6 is 22.6 Å². The quantitative estimate of drug-likeness (QED) is 0.373. The van der Waals surface area contributed by atoms with Crippen LogP contribution in [0.3, 0.4) is 0 Å². The monoisotopic (exact) mass is 500 g/mol. The molecule has 3 aromatic carbocycles. The molecule has 29 heavy (non-hydrogen) atoms. The van der Waals surface area contributed by atoms with Crippen LogP contribution < -0.4 is 14.8 Å². The van der Waals surface area contributed by atoms with Crippen LogP contribution in [0.1, 0.15) is 10.4 Å². The average Bonchev–Trinajstić information content (AvgIpc) is 3.16. The minimum absolute atomic E-state index is 0.258. The summed E-state index contributed by atoms with van der Waals surface area (Å²) in [5.74, 6) is 1.35. The second-order valence-electron chi connectivity index (χ2n) is 6.24. The number of carbonyl (C=O) groups excluding carboxylic acids is 1. The van der Waals surface area contributed by atoms with Gasteiger partial charge in [-0.1, -0.05) is 6.07 Å². The third-order valence-electron chi connectivity index (χ3n) is 4.36. The van der Waals surface area contributed by atoms with Gasteiger partial charge in [0.25, 0.3) is 5.91 Å². The predicted octanol–water partition coefficient (Wildman–Crippen LogP) is 5.37. The van der Waals surface area contributed by atoms with Crippen LogP contribution in [0, 0.1) is 3.57 Å². The molecule has 1 amide bonds. The molecule has 0 bridgehead atoms. The van der Waals surface area contributed by atoms with Gasteiger partial charge in [0.2, 0.25) is 5.89 Å². The molecule has 4 aromatic rings. The molecule has 0 radical (unpaired) electrons. The third-order valence-corrected chi connectivity index (χ3v) is 5.03. The lowest BCUT2D eigenvalue weighted by molar-refractivity contribution is 0.102. The molecule has 6 nitrogen and oxygen atoms in total. The maximum Gasteiger partial charge on any atom is 0.255 e. The molecule has 1 heterocycles. The van der Waals surface area contributed by atoms with Gasteiger partial charge in [0, 0.05) is 20.4 Å². The highest BCUT2D eigenvalue weighted by atomic mass is 127. The molecule has 1 N–H and O–H groups in total. The van der Waals surface area contributed by atoms with Crippen molar-refractivity contribution in [2.24, 2.45) is 0 Å². The standard InChI is InChI=1S/C22H17IN2O4/c1-27-19-8-6-13(11-20(19)28-2)21(26)24-16-7-9-18-17(12-16)25-22(29-18)14-4-3-5-15(23)10-14/h3-12H,1-2H3,(H,24,26). The Bertz CT molecular complexity index is 1200. The Morgan fingerprint density at radius 1 is 1.00 bits per heavy atom. The molecule has 7 heteroatoms. The van der Waals surface area contributed by atoms with E-state index in [1.165, 1.54) is 7.11 Å². The number of hydrogen-bond donors (Lipinski definition) is 1. The highest BCUT2D eigenvalue weighted by Gasteiger charge is 2.13. The van der Waals surface area contributed by atoms with Gasteiger partial charge in [-0.15, -0.1) is 0 Å². The summed E-state index contributed by atoms with van der Waals surface area (Å²) in [7, 11) is 3.08. The van der Waals surface area contributed by atoms with Crippen LogP contribution in [0.15, 0.2) is 65.1 Å². The number of nitrogens with one attached hydrogen (secondary N) is 1. The maximum absolute atomic E-state index is 12.6. The molecule has 0 saturated carbocycles. The normalized spacial score (nSPS) is 10.7. The number of fused-ring (bicyclic) bond motifs is 1. The first kappa shape index (κ1) is 19.3. The summed E-state index contributed by atoms with van der Waals surface area (Å²) in [5, 5.41) is 2.88. The van der Waals surface area contributed by atoms with Crippen LogP contribution in [0.25, 0.3) is 22.6 Å². The van der Waals surface area contributed by atoms with Gasteiger partial charge in [0.1, 0.15) is 5.52 Å². The van der Waals surface area contributed by atoms with Crippen molar-refractivity contribution in [1.82, 2.24) is 4.98 Å². The van der Waals surface area contributed by atoms with Crippen LogP contribution in [-0.4, -0.2) is 25.1 Å². The molecule has 0 aliphatic heterocycles. The van der Waals surface area contributed by atoms with Gasteiger partial charge in [-0.05, 0) is 77.2 Å². The van der Waals surface area contributed by atoms with Crippen molar-refractivity contribution in [3.63, 3.8) is 0 Å². The van der Waals surface area contributed by atoms with E-state index in [0.717, 1.165) is 9.13 Å². The number of amides is 1. The van der Waals surface area contributed by atoms with Gasteiger partial charge >= 0.3 is 0 Å². The molecule has 0 atom stereocenters. The van der Waals surface area contributed by atoms with Crippen molar-refractivity contribution in [3.8, 4) is 23.0 Å². The lowest BCUT2D eigenvalue weighted by atomic mass is 10.1. The van der Waals surface area contributed by atoms with Gasteiger partial charge in [-0.2, -0.15) is 0 Å². The van der Waals surface area contributed by atoms with E-state index >= 15 is 0 Å². The summed E-state index contributed by atoms with van der Waals surface area (Å²) >= 11 is 2.25.